The summed E-state index contributed by atoms with van der Waals surface area (Å²) in [5.41, 5.74) is 1.77. The third-order valence-corrected chi connectivity index (χ3v) is 5.94. The van der Waals surface area contributed by atoms with E-state index in [4.69, 9.17) is 23.2 Å². The van der Waals surface area contributed by atoms with Gasteiger partial charge in [-0.2, -0.15) is 0 Å². The van der Waals surface area contributed by atoms with E-state index in [1.54, 1.807) is 17.7 Å². The maximum atomic E-state index is 12.4. The molecule has 0 aliphatic carbocycles. The van der Waals surface area contributed by atoms with Gasteiger partial charge in [-0.05, 0) is 31.5 Å². The number of halogens is 2. The van der Waals surface area contributed by atoms with Gasteiger partial charge in [0.2, 0.25) is 0 Å². The van der Waals surface area contributed by atoms with Crippen LogP contribution in [0.3, 0.4) is 0 Å². The van der Waals surface area contributed by atoms with Gasteiger partial charge in [0.05, 0.1) is 5.02 Å². The number of anilines is 1. The van der Waals surface area contributed by atoms with Crippen LogP contribution in [0.15, 0.2) is 36.4 Å². The molecule has 0 radical (unpaired) electrons. The Bertz CT molecular complexity index is 770. The largest absolute Gasteiger partial charge is 0.369 e. The summed E-state index contributed by atoms with van der Waals surface area (Å²) in [6, 6.07) is 12.2. The van der Waals surface area contributed by atoms with Crippen molar-refractivity contribution < 1.29 is 4.79 Å². The number of carbonyl (C=O) groups excluding carboxylic acids is 1. The average molecular weight is 409 g/mol. The van der Waals surface area contributed by atoms with Crippen molar-refractivity contribution in [2.45, 2.75) is 19.4 Å². The van der Waals surface area contributed by atoms with E-state index in [2.05, 4.69) is 39.4 Å². The first-order valence-corrected chi connectivity index (χ1v) is 10.0. The van der Waals surface area contributed by atoms with E-state index in [0.29, 0.717) is 15.9 Å². The number of nitrogens with zero attached hydrogens (tertiary/aromatic N) is 3. The third-order valence-electron chi connectivity index (χ3n) is 5.10. The summed E-state index contributed by atoms with van der Waals surface area (Å²) in [6.07, 6.45) is 0.906. The van der Waals surface area contributed by atoms with Crippen LogP contribution in [0.1, 0.15) is 23.8 Å². The van der Waals surface area contributed by atoms with Crippen LogP contribution < -0.4 is 10.2 Å². The first-order valence-electron chi connectivity index (χ1n) is 9.29. The van der Waals surface area contributed by atoms with Gasteiger partial charge in [0.1, 0.15) is 10.8 Å². The molecule has 146 valence electrons. The van der Waals surface area contributed by atoms with Crippen LogP contribution in [0.25, 0.3) is 0 Å². The minimum absolute atomic E-state index is 0.0807. The van der Waals surface area contributed by atoms with Crippen molar-refractivity contribution in [3.63, 3.8) is 0 Å². The molecule has 1 aliphatic rings. The highest BCUT2D eigenvalue weighted by atomic mass is 35.5. The number of aromatic nitrogens is 1. The van der Waals surface area contributed by atoms with Crippen LogP contribution in [0.4, 0.5) is 5.69 Å². The second-order valence-corrected chi connectivity index (χ2v) is 7.82. The van der Waals surface area contributed by atoms with Crippen molar-refractivity contribution in [1.82, 2.24) is 14.8 Å². The predicted octanol–water partition coefficient (Wildman–Crippen LogP) is 3.66. The fourth-order valence-corrected chi connectivity index (χ4v) is 3.75. The number of rotatable bonds is 6. The van der Waals surface area contributed by atoms with Crippen LogP contribution >= 0.6 is 23.2 Å². The SMILES string of the molecule is C[C@@H](CCN1CCN(c2ccccc2)CC1)NC(=O)c1cc(Cl)c(Cl)n1C. The fraction of sp³-hybridized carbons (Fsp3) is 0.450. The molecule has 1 N–H and O–H groups in total. The summed E-state index contributed by atoms with van der Waals surface area (Å²) in [6.45, 7) is 7.15. The van der Waals surface area contributed by atoms with E-state index in [1.807, 2.05) is 13.0 Å². The van der Waals surface area contributed by atoms with Crippen LogP contribution in [0.2, 0.25) is 10.2 Å². The summed E-state index contributed by atoms with van der Waals surface area (Å²) in [5, 5.41) is 3.81. The first-order chi connectivity index (χ1) is 13.0. The van der Waals surface area contributed by atoms with Gasteiger partial charge in [0, 0.05) is 51.5 Å². The lowest BCUT2D eigenvalue weighted by molar-refractivity contribution is 0.0927. The molecule has 27 heavy (non-hydrogen) atoms. The number of amides is 1. The van der Waals surface area contributed by atoms with Crippen molar-refractivity contribution in [2.75, 3.05) is 37.6 Å². The lowest BCUT2D eigenvalue weighted by Gasteiger charge is -2.36. The lowest BCUT2D eigenvalue weighted by Crippen LogP contribution is -2.47. The summed E-state index contributed by atoms with van der Waals surface area (Å²) in [5.74, 6) is -0.146. The van der Waals surface area contributed by atoms with E-state index in [-0.39, 0.29) is 11.9 Å². The Morgan fingerprint density at radius 3 is 2.41 bits per heavy atom. The Labute approximate surface area is 170 Å². The third kappa shape index (κ3) is 4.98. The summed E-state index contributed by atoms with van der Waals surface area (Å²) in [7, 11) is 1.74. The molecule has 0 saturated carbocycles. The zero-order chi connectivity index (χ0) is 19.4. The molecular formula is C20H26Cl2N4O. The Morgan fingerprint density at radius 2 is 1.81 bits per heavy atom. The molecule has 7 heteroatoms. The van der Waals surface area contributed by atoms with E-state index in [0.717, 1.165) is 39.1 Å². The number of hydrogen-bond acceptors (Lipinski definition) is 3. The minimum Gasteiger partial charge on any atom is -0.369 e. The molecule has 1 aromatic carbocycles. The number of benzene rings is 1. The fourth-order valence-electron chi connectivity index (χ4n) is 3.37. The van der Waals surface area contributed by atoms with Crippen molar-refractivity contribution >= 4 is 34.8 Å². The summed E-state index contributed by atoms with van der Waals surface area (Å²) >= 11 is 12.0. The Hall–Kier alpha value is -1.69. The molecular weight excluding hydrogens is 383 g/mol. The lowest BCUT2D eigenvalue weighted by atomic mass is 10.2. The van der Waals surface area contributed by atoms with Crippen molar-refractivity contribution in [2.24, 2.45) is 7.05 Å². The minimum atomic E-state index is -0.146. The molecule has 1 amide bonds. The van der Waals surface area contributed by atoms with Crippen molar-refractivity contribution in [3.8, 4) is 0 Å². The molecule has 3 rings (SSSR count). The monoisotopic (exact) mass is 408 g/mol. The zero-order valence-electron chi connectivity index (χ0n) is 15.8. The molecule has 0 bridgehead atoms. The van der Waals surface area contributed by atoms with Gasteiger partial charge < -0.3 is 14.8 Å². The number of nitrogens with one attached hydrogen (secondary N) is 1. The van der Waals surface area contributed by atoms with E-state index >= 15 is 0 Å². The molecule has 1 saturated heterocycles. The topological polar surface area (TPSA) is 40.5 Å². The standard InChI is InChI=1S/C20H26Cl2N4O/c1-15(23-20(27)18-14-17(21)19(22)24(18)2)8-9-25-10-12-26(13-11-25)16-6-4-3-5-7-16/h3-7,14-15H,8-13H2,1-2H3,(H,23,27)/t15-/m0/s1. The summed E-state index contributed by atoms with van der Waals surface area (Å²) < 4.78 is 1.61. The molecule has 0 spiro atoms. The van der Waals surface area contributed by atoms with Gasteiger partial charge in [-0.25, -0.2) is 0 Å². The van der Waals surface area contributed by atoms with Crippen molar-refractivity contribution in [1.29, 1.82) is 0 Å². The van der Waals surface area contributed by atoms with Gasteiger partial charge in [-0.3, -0.25) is 9.69 Å². The molecule has 1 aromatic heterocycles. The van der Waals surface area contributed by atoms with Crippen LogP contribution in [-0.4, -0.2) is 54.1 Å². The molecule has 2 aromatic rings. The Kier molecular flexibility index (Phi) is 6.68. The Balaban J connectivity index is 1.42. The quantitative estimate of drug-likeness (QED) is 0.792. The van der Waals surface area contributed by atoms with Gasteiger partial charge in [-0.1, -0.05) is 41.4 Å². The number of para-hydroxylation sites is 1. The molecule has 1 atom stereocenters. The van der Waals surface area contributed by atoms with E-state index < -0.39 is 0 Å². The predicted molar refractivity (Wildman–Crippen MR) is 112 cm³/mol. The molecule has 1 aliphatic heterocycles. The maximum absolute atomic E-state index is 12.4. The highest BCUT2D eigenvalue weighted by molar-refractivity contribution is 6.41. The molecule has 2 heterocycles. The van der Waals surface area contributed by atoms with Crippen LogP contribution in [0, 0.1) is 0 Å². The Morgan fingerprint density at radius 1 is 1.15 bits per heavy atom. The van der Waals surface area contributed by atoms with Crippen molar-refractivity contribution in [3.05, 3.63) is 52.3 Å². The average Bonchev–Trinajstić information content (AvgIpc) is 2.95. The van der Waals surface area contributed by atoms with Gasteiger partial charge >= 0.3 is 0 Å². The smallest absolute Gasteiger partial charge is 0.268 e. The molecule has 5 nitrogen and oxygen atoms in total. The van der Waals surface area contributed by atoms with Gasteiger partial charge in [-0.15, -0.1) is 0 Å². The maximum Gasteiger partial charge on any atom is 0.268 e. The van der Waals surface area contributed by atoms with Gasteiger partial charge in [0.25, 0.3) is 5.91 Å². The molecule has 1 fully saturated rings. The van der Waals surface area contributed by atoms with E-state index in [9.17, 15) is 4.79 Å². The normalized spacial score (nSPS) is 16.4. The van der Waals surface area contributed by atoms with Gasteiger partial charge in [0.15, 0.2) is 0 Å². The second-order valence-electron chi connectivity index (χ2n) is 7.05. The first kappa shape index (κ1) is 20.1. The highest BCUT2D eigenvalue weighted by Gasteiger charge is 2.20. The number of hydrogen-bond donors (Lipinski definition) is 1. The molecule has 0 unspecified atom stereocenters. The summed E-state index contributed by atoms with van der Waals surface area (Å²) in [4.78, 5) is 17.3. The second kappa shape index (κ2) is 9.00. The van der Waals surface area contributed by atoms with Crippen LogP contribution in [0.5, 0.6) is 0 Å². The van der Waals surface area contributed by atoms with Crippen LogP contribution in [-0.2, 0) is 7.05 Å². The number of piperazine rings is 1. The van der Waals surface area contributed by atoms with E-state index in [1.165, 1.54) is 5.69 Å². The zero-order valence-corrected chi connectivity index (χ0v) is 17.3. The highest BCUT2D eigenvalue weighted by Crippen LogP contribution is 2.25. The number of carbonyl (C=O) groups is 1.